The van der Waals surface area contributed by atoms with Gasteiger partial charge in [-0.2, -0.15) is 5.10 Å². The summed E-state index contributed by atoms with van der Waals surface area (Å²) in [7, 11) is 1.58. The van der Waals surface area contributed by atoms with E-state index in [9.17, 15) is 4.79 Å². The second-order valence-electron chi connectivity index (χ2n) is 8.65. The van der Waals surface area contributed by atoms with Crippen LogP contribution in [0.5, 0.6) is 5.75 Å². The van der Waals surface area contributed by atoms with Crippen LogP contribution in [0.3, 0.4) is 0 Å². The van der Waals surface area contributed by atoms with E-state index in [2.05, 4.69) is 27.5 Å². The van der Waals surface area contributed by atoms with E-state index in [-0.39, 0.29) is 11.9 Å². The van der Waals surface area contributed by atoms with Crippen molar-refractivity contribution in [2.75, 3.05) is 31.2 Å². The SMILES string of the molecule is CCc1ccc(C(=O)Nc2ccc(-c3nn(C4CCNCC4)c4ncnc(N)c34)cc2OC)cc1. The standard InChI is InChI=1S/C26H29N7O2/c1-3-16-4-6-17(7-5-16)26(34)31-20-9-8-18(14-21(20)35-2)23-22-24(27)29-15-30-25(22)33(32-23)19-10-12-28-13-11-19/h4-9,14-15,19,28H,3,10-13H2,1-2H3,(H,31,34)(H2,27,29,30). The van der Waals surface area contributed by atoms with Gasteiger partial charge in [0.2, 0.25) is 0 Å². The molecule has 0 spiro atoms. The molecule has 4 aromatic rings. The number of ether oxygens (including phenoxy) is 1. The molecule has 9 nitrogen and oxygen atoms in total. The highest BCUT2D eigenvalue weighted by Crippen LogP contribution is 2.37. The lowest BCUT2D eigenvalue weighted by Crippen LogP contribution is -2.30. The smallest absolute Gasteiger partial charge is 0.255 e. The maximum absolute atomic E-state index is 12.8. The van der Waals surface area contributed by atoms with E-state index in [1.165, 1.54) is 11.9 Å². The number of piperidine rings is 1. The number of nitrogens with zero attached hydrogens (tertiary/aromatic N) is 4. The number of hydrogen-bond donors (Lipinski definition) is 3. The van der Waals surface area contributed by atoms with E-state index in [1.807, 2.05) is 47.1 Å². The van der Waals surface area contributed by atoms with Gasteiger partial charge in [0, 0.05) is 11.1 Å². The third-order valence-electron chi connectivity index (χ3n) is 6.52. The number of nitrogens with two attached hydrogens (primary N) is 1. The molecule has 1 aliphatic heterocycles. The van der Waals surface area contributed by atoms with Crippen LogP contribution >= 0.6 is 0 Å². The summed E-state index contributed by atoms with van der Waals surface area (Å²) in [5.41, 5.74) is 10.9. The number of methoxy groups -OCH3 is 1. The predicted molar refractivity (Wildman–Crippen MR) is 137 cm³/mol. The Balaban J connectivity index is 1.50. The summed E-state index contributed by atoms with van der Waals surface area (Å²) in [5, 5.41) is 12.0. The molecule has 2 aromatic heterocycles. The Morgan fingerprint density at radius 2 is 1.94 bits per heavy atom. The summed E-state index contributed by atoms with van der Waals surface area (Å²) in [6.07, 6.45) is 4.34. The Labute approximate surface area is 203 Å². The molecule has 1 fully saturated rings. The summed E-state index contributed by atoms with van der Waals surface area (Å²) in [5.74, 6) is 0.718. The van der Waals surface area contributed by atoms with E-state index < -0.39 is 0 Å². The van der Waals surface area contributed by atoms with Gasteiger partial charge in [0.05, 0.1) is 24.2 Å². The fourth-order valence-corrected chi connectivity index (χ4v) is 4.53. The van der Waals surface area contributed by atoms with E-state index in [0.29, 0.717) is 28.5 Å². The van der Waals surface area contributed by atoms with Gasteiger partial charge < -0.3 is 21.1 Å². The van der Waals surface area contributed by atoms with Gasteiger partial charge in [-0.15, -0.1) is 0 Å². The molecule has 35 heavy (non-hydrogen) atoms. The van der Waals surface area contributed by atoms with Crippen LogP contribution in [0.15, 0.2) is 48.8 Å². The summed E-state index contributed by atoms with van der Waals surface area (Å²) in [6, 6.07) is 13.4. The number of hydrogen-bond acceptors (Lipinski definition) is 7. The first-order valence-corrected chi connectivity index (χ1v) is 11.9. The Bertz CT molecular complexity index is 1360. The molecule has 0 aliphatic carbocycles. The molecule has 0 radical (unpaired) electrons. The van der Waals surface area contributed by atoms with Gasteiger partial charge in [0.1, 0.15) is 23.6 Å². The first kappa shape index (κ1) is 22.8. The van der Waals surface area contributed by atoms with Crippen LogP contribution in [0.2, 0.25) is 0 Å². The first-order valence-electron chi connectivity index (χ1n) is 11.9. The monoisotopic (exact) mass is 471 g/mol. The number of nitrogen functional groups attached to an aromatic ring is 1. The molecule has 1 aliphatic rings. The summed E-state index contributed by atoms with van der Waals surface area (Å²) < 4.78 is 7.60. The van der Waals surface area contributed by atoms with Gasteiger partial charge in [0.15, 0.2) is 5.65 Å². The van der Waals surface area contributed by atoms with Crippen molar-refractivity contribution in [2.24, 2.45) is 0 Å². The summed E-state index contributed by atoms with van der Waals surface area (Å²) in [4.78, 5) is 21.5. The van der Waals surface area contributed by atoms with Crippen molar-refractivity contribution in [2.45, 2.75) is 32.2 Å². The molecule has 0 bridgehead atoms. The molecule has 3 heterocycles. The largest absolute Gasteiger partial charge is 0.495 e. The van der Waals surface area contributed by atoms with E-state index >= 15 is 0 Å². The predicted octanol–water partition coefficient (Wildman–Crippen LogP) is 3.82. The highest BCUT2D eigenvalue weighted by atomic mass is 16.5. The quantitative estimate of drug-likeness (QED) is 0.391. The fourth-order valence-electron chi connectivity index (χ4n) is 4.53. The lowest BCUT2D eigenvalue weighted by atomic mass is 10.1. The average molecular weight is 472 g/mol. The number of anilines is 2. The Hall–Kier alpha value is -3.98. The van der Waals surface area contributed by atoms with Crippen molar-refractivity contribution in [1.82, 2.24) is 25.1 Å². The first-order chi connectivity index (χ1) is 17.1. The molecular formula is C26H29N7O2. The zero-order valence-electron chi connectivity index (χ0n) is 19.9. The molecule has 180 valence electrons. The zero-order valence-corrected chi connectivity index (χ0v) is 19.9. The molecule has 9 heteroatoms. The normalized spacial score (nSPS) is 14.2. The van der Waals surface area contributed by atoms with Gasteiger partial charge in [-0.05, 0) is 62.2 Å². The Kier molecular flexibility index (Phi) is 6.33. The van der Waals surface area contributed by atoms with E-state index in [0.717, 1.165) is 48.9 Å². The minimum Gasteiger partial charge on any atom is -0.495 e. The number of aryl methyl sites for hydroxylation is 1. The number of benzene rings is 2. The fraction of sp³-hybridized carbons (Fsp3) is 0.308. The van der Waals surface area contributed by atoms with Crippen molar-refractivity contribution in [1.29, 1.82) is 0 Å². The van der Waals surface area contributed by atoms with Crippen LogP contribution in [0.25, 0.3) is 22.3 Å². The second kappa shape index (κ2) is 9.71. The molecule has 1 amide bonds. The molecular weight excluding hydrogens is 442 g/mol. The molecule has 0 saturated carbocycles. The van der Waals surface area contributed by atoms with Crippen molar-refractivity contribution in [3.63, 3.8) is 0 Å². The lowest BCUT2D eigenvalue weighted by molar-refractivity contribution is 0.102. The number of carbonyl (C=O) groups is 1. The Morgan fingerprint density at radius 1 is 1.17 bits per heavy atom. The molecule has 1 saturated heterocycles. The third kappa shape index (κ3) is 4.42. The van der Waals surface area contributed by atoms with Crippen LogP contribution in [-0.4, -0.2) is 45.9 Å². The highest BCUT2D eigenvalue weighted by Gasteiger charge is 2.24. The number of fused-ring (bicyclic) bond motifs is 1. The lowest BCUT2D eigenvalue weighted by Gasteiger charge is -2.23. The summed E-state index contributed by atoms with van der Waals surface area (Å²) >= 11 is 0. The summed E-state index contributed by atoms with van der Waals surface area (Å²) in [6.45, 7) is 3.95. The Morgan fingerprint density at radius 3 is 2.66 bits per heavy atom. The number of carbonyl (C=O) groups excluding carboxylic acids is 1. The maximum atomic E-state index is 12.8. The average Bonchev–Trinajstić information content (AvgIpc) is 3.30. The molecule has 4 N–H and O–H groups in total. The van der Waals surface area contributed by atoms with Crippen molar-refractivity contribution < 1.29 is 9.53 Å². The van der Waals surface area contributed by atoms with Crippen molar-refractivity contribution in [3.05, 3.63) is 59.9 Å². The van der Waals surface area contributed by atoms with Gasteiger partial charge in [-0.3, -0.25) is 4.79 Å². The third-order valence-corrected chi connectivity index (χ3v) is 6.52. The van der Waals surface area contributed by atoms with Crippen LogP contribution in [0, 0.1) is 0 Å². The second-order valence-corrected chi connectivity index (χ2v) is 8.65. The highest BCUT2D eigenvalue weighted by molar-refractivity contribution is 6.05. The van der Waals surface area contributed by atoms with E-state index in [1.54, 1.807) is 7.11 Å². The molecule has 5 rings (SSSR count). The minimum atomic E-state index is -0.197. The van der Waals surface area contributed by atoms with Gasteiger partial charge >= 0.3 is 0 Å². The number of amides is 1. The van der Waals surface area contributed by atoms with Gasteiger partial charge in [0.25, 0.3) is 5.91 Å². The molecule has 0 atom stereocenters. The van der Waals surface area contributed by atoms with Crippen LogP contribution in [0.1, 0.15) is 41.7 Å². The van der Waals surface area contributed by atoms with Gasteiger partial charge in [-0.1, -0.05) is 25.1 Å². The van der Waals surface area contributed by atoms with E-state index in [4.69, 9.17) is 15.6 Å². The maximum Gasteiger partial charge on any atom is 0.255 e. The van der Waals surface area contributed by atoms with Crippen LogP contribution in [-0.2, 0) is 6.42 Å². The zero-order chi connectivity index (χ0) is 24.4. The number of nitrogens with one attached hydrogen (secondary N) is 2. The van der Waals surface area contributed by atoms with Gasteiger partial charge in [-0.25, -0.2) is 14.6 Å². The minimum absolute atomic E-state index is 0.197. The van der Waals surface area contributed by atoms with Crippen molar-refractivity contribution in [3.8, 4) is 17.0 Å². The number of rotatable bonds is 6. The molecule has 2 aromatic carbocycles. The van der Waals surface area contributed by atoms with Crippen LogP contribution in [0.4, 0.5) is 11.5 Å². The van der Waals surface area contributed by atoms with Crippen molar-refractivity contribution >= 4 is 28.4 Å². The number of aromatic nitrogens is 4. The topological polar surface area (TPSA) is 120 Å². The molecule has 0 unspecified atom stereocenters. The van der Waals surface area contributed by atoms with Crippen LogP contribution < -0.4 is 21.1 Å².